The van der Waals surface area contributed by atoms with Gasteiger partial charge in [0.1, 0.15) is 11.4 Å². The van der Waals surface area contributed by atoms with Crippen molar-refractivity contribution in [2.45, 2.75) is 41.7 Å². The number of fused-ring (bicyclic) bond motifs is 1. The fourth-order valence-corrected chi connectivity index (χ4v) is 6.44. The number of thioether (sulfide) groups is 1. The number of amides is 6. The molecule has 0 saturated carbocycles. The van der Waals surface area contributed by atoms with Gasteiger partial charge in [-0.1, -0.05) is 30.3 Å². The van der Waals surface area contributed by atoms with E-state index in [1.165, 1.54) is 0 Å². The third kappa shape index (κ3) is 3.55. The van der Waals surface area contributed by atoms with Gasteiger partial charge in [0.15, 0.2) is 6.04 Å². The highest BCUT2D eigenvalue weighted by molar-refractivity contribution is 8.01. The molecule has 3 fully saturated rings. The topological polar surface area (TPSA) is 168 Å². The Morgan fingerprint density at radius 2 is 1.94 bits per heavy atom. The fraction of sp³-hybridized carbons (Fsp3) is 0.429. The van der Waals surface area contributed by atoms with Crippen LogP contribution in [0, 0.1) is 0 Å². The number of carbonyl (C=O) groups is 6. The van der Waals surface area contributed by atoms with Crippen molar-refractivity contribution >= 4 is 48.4 Å². The molecule has 4 rings (SSSR count). The Hall–Kier alpha value is -3.81. The molecule has 0 spiro atoms. The number of nitrogens with zero attached hydrogens (tertiary/aromatic N) is 3. The second-order valence-corrected chi connectivity index (χ2v) is 10.4. The van der Waals surface area contributed by atoms with E-state index in [1.54, 1.807) is 44.2 Å². The molecule has 0 radical (unpaired) electrons. The zero-order chi connectivity index (χ0) is 25.5. The zero-order valence-electron chi connectivity index (χ0n) is 18.8. The summed E-state index contributed by atoms with van der Waals surface area (Å²) < 4.78 is -1.12. The molecule has 14 heteroatoms. The zero-order valence-corrected chi connectivity index (χ0v) is 19.7. The van der Waals surface area contributed by atoms with Gasteiger partial charge in [0.25, 0.3) is 5.91 Å². The molecule has 3 aliphatic heterocycles. The third-order valence-electron chi connectivity index (χ3n) is 6.42. The molecule has 1 aromatic rings. The molecule has 3 aliphatic rings. The van der Waals surface area contributed by atoms with Gasteiger partial charge in [0, 0.05) is 6.54 Å². The number of aliphatic carboxylic acids is 1. The third-order valence-corrected chi connectivity index (χ3v) is 8.02. The van der Waals surface area contributed by atoms with Crippen LogP contribution in [0.15, 0.2) is 30.3 Å². The first kappa shape index (κ1) is 24.3. The van der Waals surface area contributed by atoms with Crippen LogP contribution in [0.5, 0.6) is 0 Å². The van der Waals surface area contributed by atoms with Crippen LogP contribution in [0.1, 0.15) is 25.5 Å². The van der Waals surface area contributed by atoms with Gasteiger partial charge in [-0.05, 0) is 19.4 Å². The summed E-state index contributed by atoms with van der Waals surface area (Å²) in [6.45, 7) is 3.62. The summed E-state index contributed by atoms with van der Waals surface area (Å²) in [6.07, 6.45) is 0.598. The molecule has 6 amide bonds. The van der Waals surface area contributed by atoms with E-state index >= 15 is 0 Å². The van der Waals surface area contributed by atoms with Gasteiger partial charge in [0.2, 0.25) is 24.4 Å². The van der Waals surface area contributed by atoms with Crippen LogP contribution in [0.4, 0.5) is 4.79 Å². The molecule has 3 saturated heterocycles. The molecular weight excluding hydrogens is 480 g/mol. The minimum absolute atomic E-state index is 0.162. The van der Waals surface area contributed by atoms with Crippen molar-refractivity contribution < 1.29 is 33.9 Å². The SMILES string of the molecule is CC1(C)S[C@@H]2[C@@H](NC(=O)C(c3ccccc3)N(C=O)N3CCNC3=O)C(=O)N2[C@@]1(NC=O)C(=O)O. The summed E-state index contributed by atoms with van der Waals surface area (Å²) in [5.74, 6) is -2.82. The van der Waals surface area contributed by atoms with E-state index in [1.807, 2.05) is 0 Å². The lowest BCUT2D eigenvalue weighted by Crippen LogP contribution is -2.79. The number of carbonyl (C=O) groups excluding carboxylic acids is 5. The summed E-state index contributed by atoms with van der Waals surface area (Å²) >= 11 is 1.12. The van der Waals surface area contributed by atoms with Gasteiger partial charge in [-0.2, -0.15) is 0 Å². The molecule has 3 heterocycles. The predicted octanol–water partition coefficient (Wildman–Crippen LogP) is -1.17. The van der Waals surface area contributed by atoms with Crippen LogP contribution in [-0.2, 0) is 24.0 Å². The quantitative estimate of drug-likeness (QED) is 0.241. The van der Waals surface area contributed by atoms with Crippen LogP contribution in [0.25, 0.3) is 0 Å². The highest BCUT2D eigenvalue weighted by Crippen LogP contribution is 2.55. The van der Waals surface area contributed by atoms with E-state index in [9.17, 15) is 33.9 Å². The van der Waals surface area contributed by atoms with Crippen LogP contribution in [-0.4, -0.2) is 91.6 Å². The molecule has 0 aromatic heterocycles. The van der Waals surface area contributed by atoms with E-state index < -0.39 is 51.7 Å². The Kier molecular flexibility index (Phi) is 6.09. The molecular formula is C21H24N6O7S. The number of carboxylic acids is 1. The molecule has 35 heavy (non-hydrogen) atoms. The molecule has 1 unspecified atom stereocenters. The van der Waals surface area contributed by atoms with Gasteiger partial charge < -0.3 is 21.1 Å². The van der Waals surface area contributed by atoms with Gasteiger partial charge in [-0.3, -0.25) is 24.1 Å². The van der Waals surface area contributed by atoms with Crippen molar-refractivity contribution in [3.63, 3.8) is 0 Å². The number of hydrogen-bond donors (Lipinski definition) is 4. The van der Waals surface area contributed by atoms with Crippen molar-refractivity contribution in [2.24, 2.45) is 0 Å². The van der Waals surface area contributed by atoms with E-state index in [0.29, 0.717) is 12.0 Å². The molecule has 1 aromatic carbocycles. The maximum atomic E-state index is 13.5. The van der Waals surface area contributed by atoms with Crippen molar-refractivity contribution in [1.82, 2.24) is 30.9 Å². The van der Waals surface area contributed by atoms with E-state index in [4.69, 9.17) is 0 Å². The van der Waals surface area contributed by atoms with E-state index in [2.05, 4.69) is 16.0 Å². The summed E-state index contributed by atoms with van der Waals surface area (Å²) in [6, 6.07) is 5.37. The van der Waals surface area contributed by atoms with Crippen LogP contribution in [0.3, 0.4) is 0 Å². The Balaban J connectivity index is 1.63. The lowest BCUT2D eigenvalue weighted by Gasteiger charge is -2.49. The van der Waals surface area contributed by atoms with Crippen molar-refractivity contribution in [3.05, 3.63) is 35.9 Å². The number of carboxylic acid groups (broad SMARTS) is 1. The van der Waals surface area contributed by atoms with Crippen LogP contribution in [0.2, 0.25) is 0 Å². The van der Waals surface area contributed by atoms with Gasteiger partial charge >= 0.3 is 12.0 Å². The number of hydrazine groups is 1. The highest BCUT2D eigenvalue weighted by Gasteiger charge is 2.73. The molecule has 4 N–H and O–H groups in total. The minimum Gasteiger partial charge on any atom is -0.478 e. The predicted molar refractivity (Wildman–Crippen MR) is 121 cm³/mol. The standard InChI is InChI=1S/C21H24N6O7S/c1-20(2)21(18(32)33,23-10-28)27-16(31)13(17(27)35-20)24-15(30)14(12-6-4-3-5-7-12)26(11-29)25-9-8-22-19(25)34/h3-7,10-11,13-14,17H,8-9H2,1-2H3,(H,22,34)(H,23,28)(H,24,30)(H,32,33)/t13-,14?,17+,21-/m0/s1. The smallest absolute Gasteiger partial charge is 0.352 e. The van der Waals surface area contributed by atoms with Gasteiger partial charge in [0.05, 0.1) is 11.3 Å². The first-order chi connectivity index (χ1) is 16.6. The number of β-lactam (4-membered cyclic amide) rings is 1. The molecule has 13 nitrogen and oxygen atoms in total. The number of benzene rings is 1. The average Bonchev–Trinajstić information content (AvgIpc) is 3.33. The molecule has 0 aliphatic carbocycles. The Morgan fingerprint density at radius 3 is 2.49 bits per heavy atom. The first-order valence-electron chi connectivity index (χ1n) is 10.7. The number of rotatable bonds is 9. The maximum Gasteiger partial charge on any atom is 0.352 e. The number of nitrogens with one attached hydrogen (secondary N) is 3. The molecule has 186 valence electrons. The number of hydrogen-bond acceptors (Lipinski definition) is 7. The Morgan fingerprint density at radius 1 is 1.26 bits per heavy atom. The van der Waals surface area contributed by atoms with E-state index in [-0.39, 0.29) is 19.5 Å². The summed E-state index contributed by atoms with van der Waals surface area (Å²) in [4.78, 5) is 75.3. The van der Waals surface area contributed by atoms with Crippen molar-refractivity contribution in [3.8, 4) is 0 Å². The summed E-state index contributed by atoms with van der Waals surface area (Å²) in [5, 5.41) is 18.7. The summed E-state index contributed by atoms with van der Waals surface area (Å²) in [7, 11) is 0. The Labute approximate surface area is 204 Å². The summed E-state index contributed by atoms with van der Waals surface area (Å²) in [5.41, 5.74) is -1.59. The second-order valence-electron chi connectivity index (χ2n) is 8.64. The second kappa shape index (κ2) is 8.76. The average molecular weight is 505 g/mol. The van der Waals surface area contributed by atoms with E-state index in [0.717, 1.165) is 26.7 Å². The van der Waals surface area contributed by atoms with Crippen LogP contribution < -0.4 is 16.0 Å². The molecule has 0 bridgehead atoms. The maximum absolute atomic E-state index is 13.5. The lowest BCUT2D eigenvalue weighted by molar-refractivity contribution is -0.176. The van der Waals surface area contributed by atoms with Gasteiger partial charge in [-0.25, -0.2) is 19.6 Å². The normalized spacial score (nSPS) is 27.3. The van der Waals surface area contributed by atoms with Crippen molar-refractivity contribution in [1.29, 1.82) is 0 Å². The largest absolute Gasteiger partial charge is 0.478 e. The van der Waals surface area contributed by atoms with Crippen LogP contribution >= 0.6 is 11.8 Å². The molecule has 4 atom stereocenters. The Bertz CT molecular complexity index is 1090. The monoisotopic (exact) mass is 504 g/mol. The number of urea groups is 1. The van der Waals surface area contributed by atoms with Gasteiger partial charge in [-0.15, -0.1) is 11.8 Å². The highest BCUT2D eigenvalue weighted by atomic mass is 32.2. The van der Waals surface area contributed by atoms with Crippen molar-refractivity contribution in [2.75, 3.05) is 13.1 Å². The first-order valence-corrected chi connectivity index (χ1v) is 11.6. The minimum atomic E-state index is -2.00. The fourth-order valence-electron chi connectivity index (χ4n) is 4.73. The lowest BCUT2D eigenvalue weighted by atomic mass is 9.88.